The van der Waals surface area contributed by atoms with Crippen molar-refractivity contribution in [2.24, 2.45) is 12.8 Å². The summed E-state index contributed by atoms with van der Waals surface area (Å²) < 4.78 is 3.66. The summed E-state index contributed by atoms with van der Waals surface area (Å²) >= 11 is 0. The molecule has 3 N–H and O–H groups in total. The molecule has 0 aromatic carbocycles. The molecule has 0 saturated carbocycles. The lowest BCUT2D eigenvalue weighted by molar-refractivity contribution is 0.263. The largest absolute Gasteiger partial charge is 0.394 e. The molecule has 2 aromatic heterocycles. The highest BCUT2D eigenvalue weighted by molar-refractivity contribution is 5.10. The van der Waals surface area contributed by atoms with Crippen LogP contribution in [0.15, 0.2) is 24.9 Å². The molecule has 0 fully saturated rings. The van der Waals surface area contributed by atoms with Crippen molar-refractivity contribution in [2.45, 2.75) is 12.6 Å². The first-order valence-electron chi connectivity index (χ1n) is 5.04. The van der Waals surface area contributed by atoms with Crippen LogP contribution in [0.4, 0.5) is 0 Å². The van der Waals surface area contributed by atoms with E-state index in [1.165, 1.54) is 0 Å². The number of aliphatic hydroxyl groups is 1. The summed E-state index contributed by atoms with van der Waals surface area (Å²) in [5, 5.41) is 13.1. The maximum absolute atomic E-state index is 9.02. The molecule has 0 aliphatic heterocycles. The molecule has 2 rings (SSSR count). The molecule has 0 aliphatic carbocycles. The number of imidazole rings is 1. The minimum atomic E-state index is -0.390. The number of aliphatic hydroxyl groups excluding tert-OH is 1. The molecule has 0 bridgehead atoms. The number of hydrogen-bond donors (Lipinski definition) is 2. The highest BCUT2D eigenvalue weighted by Gasteiger charge is 2.10. The van der Waals surface area contributed by atoms with Crippen LogP contribution in [-0.2, 0) is 13.6 Å². The van der Waals surface area contributed by atoms with Crippen LogP contribution < -0.4 is 5.73 Å². The number of nitrogens with two attached hydrogens (primary N) is 1. The maximum Gasteiger partial charge on any atom is 0.0951 e. The molecule has 6 nitrogen and oxygen atoms in total. The van der Waals surface area contributed by atoms with Crippen LogP contribution in [0, 0.1) is 0 Å². The van der Waals surface area contributed by atoms with E-state index in [0.717, 1.165) is 11.3 Å². The van der Waals surface area contributed by atoms with Crippen molar-refractivity contribution < 1.29 is 5.11 Å². The average Bonchev–Trinajstić information content (AvgIpc) is 2.87. The second-order valence-corrected chi connectivity index (χ2v) is 3.76. The summed E-state index contributed by atoms with van der Waals surface area (Å²) in [4.78, 5) is 4.04. The quantitative estimate of drug-likeness (QED) is 0.739. The standard InChI is InChI=1S/C10H15N5O/c1-14-4-8(2-13-14)5-15-7-12-3-10(15)9(11)6-16/h2-4,7,9,16H,5-6,11H2,1H3. The van der Waals surface area contributed by atoms with Gasteiger partial charge in [0.2, 0.25) is 0 Å². The van der Waals surface area contributed by atoms with E-state index >= 15 is 0 Å². The van der Waals surface area contributed by atoms with E-state index in [9.17, 15) is 0 Å². The van der Waals surface area contributed by atoms with Gasteiger partial charge in [-0.1, -0.05) is 0 Å². The molecular formula is C10H15N5O. The minimum Gasteiger partial charge on any atom is -0.394 e. The predicted molar refractivity (Wildman–Crippen MR) is 58.6 cm³/mol. The minimum absolute atomic E-state index is 0.0846. The van der Waals surface area contributed by atoms with Crippen molar-refractivity contribution in [1.29, 1.82) is 0 Å². The van der Waals surface area contributed by atoms with Crippen molar-refractivity contribution in [3.05, 3.63) is 36.2 Å². The van der Waals surface area contributed by atoms with Gasteiger partial charge in [0.1, 0.15) is 0 Å². The Morgan fingerprint density at radius 2 is 2.31 bits per heavy atom. The Hall–Kier alpha value is -1.66. The zero-order chi connectivity index (χ0) is 11.5. The van der Waals surface area contributed by atoms with Gasteiger partial charge >= 0.3 is 0 Å². The number of aryl methyl sites for hydroxylation is 1. The summed E-state index contributed by atoms with van der Waals surface area (Å²) in [6.45, 7) is 0.579. The Labute approximate surface area is 93.3 Å². The fraction of sp³-hybridized carbons (Fsp3) is 0.400. The fourth-order valence-corrected chi connectivity index (χ4v) is 1.62. The van der Waals surface area contributed by atoms with Crippen molar-refractivity contribution in [1.82, 2.24) is 19.3 Å². The summed E-state index contributed by atoms with van der Waals surface area (Å²) in [5.74, 6) is 0. The Balaban J connectivity index is 2.18. The zero-order valence-electron chi connectivity index (χ0n) is 9.11. The van der Waals surface area contributed by atoms with Gasteiger partial charge in [-0.2, -0.15) is 5.10 Å². The lowest BCUT2D eigenvalue weighted by Gasteiger charge is -2.11. The molecule has 2 heterocycles. The van der Waals surface area contributed by atoms with Crippen LogP contribution in [0.3, 0.4) is 0 Å². The second kappa shape index (κ2) is 4.46. The molecule has 2 aromatic rings. The van der Waals surface area contributed by atoms with Crippen LogP contribution in [0.2, 0.25) is 0 Å². The summed E-state index contributed by atoms with van der Waals surface area (Å²) in [7, 11) is 1.87. The maximum atomic E-state index is 9.02. The highest BCUT2D eigenvalue weighted by Crippen LogP contribution is 2.11. The third-order valence-corrected chi connectivity index (χ3v) is 2.43. The number of rotatable bonds is 4. The Kier molecular flexibility index (Phi) is 3.02. The first-order valence-corrected chi connectivity index (χ1v) is 5.04. The van der Waals surface area contributed by atoms with E-state index in [4.69, 9.17) is 10.8 Å². The van der Waals surface area contributed by atoms with Crippen LogP contribution in [0.1, 0.15) is 17.3 Å². The molecule has 0 spiro atoms. The van der Waals surface area contributed by atoms with Crippen molar-refractivity contribution in [3.63, 3.8) is 0 Å². The van der Waals surface area contributed by atoms with Gasteiger partial charge in [-0.3, -0.25) is 4.68 Å². The smallest absolute Gasteiger partial charge is 0.0951 e. The average molecular weight is 221 g/mol. The zero-order valence-corrected chi connectivity index (χ0v) is 9.11. The van der Waals surface area contributed by atoms with E-state index in [-0.39, 0.29) is 12.6 Å². The van der Waals surface area contributed by atoms with Crippen LogP contribution in [0.5, 0.6) is 0 Å². The first-order chi connectivity index (χ1) is 7.70. The van der Waals surface area contributed by atoms with E-state index in [1.807, 2.05) is 17.8 Å². The van der Waals surface area contributed by atoms with Gasteiger partial charge in [0, 0.05) is 25.0 Å². The molecule has 16 heavy (non-hydrogen) atoms. The van der Waals surface area contributed by atoms with Gasteiger partial charge in [-0.15, -0.1) is 0 Å². The number of hydrogen-bond acceptors (Lipinski definition) is 4. The molecule has 0 radical (unpaired) electrons. The molecule has 1 unspecified atom stereocenters. The molecule has 6 heteroatoms. The third kappa shape index (κ3) is 2.12. The highest BCUT2D eigenvalue weighted by atomic mass is 16.3. The summed E-state index contributed by atoms with van der Waals surface area (Å²) in [6.07, 6.45) is 7.12. The van der Waals surface area contributed by atoms with Gasteiger partial charge in [0.25, 0.3) is 0 Å². The van der Waals surface area contributed by atoms with Crippen LogP contribution in [0.25, 0.3) is 0 Å². The SMILES string of the molecule is Cn1cc(Cn2cncc2C(N)CO)cn1. The van der Waals surface area contributed by atoms with E-state index in [2.05, 4.69) is 10.1 Å². The molecule has 0 amide bonds. The topological polar surface area (TPSA) is 81.9 Å². The summed E-state index contributed by atoms with van der Waals surface area (Å²) in [6, 6.07) is -0.390. The Morgan fingerprint density at radius 3 is 2.94 bits per heavy atom. The Bertz CT molecular complexity index is 461. The van der Waals surface area contributed by atoms with E-state index < -0.39 is 0 Å². The fourth-order valence-electron chi connectivity index (χ4n) is 1.62. The van der Waals surface area contributed by atoms with Crippen molar-refractivity contribution in [3.8, 4) is 0 Å². The predicted octanol–water partition coefficient (Wildman–Crippen LogP) is -0.343. The van der Waals surface area contributed by atoms with Gasteiger partial charge in [0.15, 0.2) is 0 Å². The number of aromatic nitrogens is 4. The summed E-state index contributed by atoms with van der Waals surface area (Å²) in [5.41, 5.74) is 7.67. The molecule has 0 aliphatic rings. The van der Waals surface area contributed by atoms with Crippen molar-refractivity contribution >= 4 is 0 Å². The molecular weight excluding hydrogens is 206 g/mol. The van der Waals surface area contributed by atoms with Crippen LogP contribution in [-0.4, -0.2) is 31.0 Å². The second-order valence-electron chi connectivity index (χ2n) is 3.76. The molecule has 86 valence electrons. The van der Waals surface area contributed by atoms with Crippen LogP contribution >= 0.6 is 0 Å². The van der Waals surface area contributed by atoms with Gasteiger partial charge in [-0.25, -0.2) is 4.98 Å². The lowest BCUT2D eigenvalue weighted by atomic mass is 10.2. The monoisotopic (exact) mass is 221 g/mol. The molecule has 0 saturated heterocycles. The lowest BCUT2D eigenvalue weighted by Crippen LogP contribution is -2.18. The van der Waals surface area contributed by atoms with E-state index in [0.29, 0.717) is 6.54 Å². The normalized spacial score (nSPS) is 12.9. The van der Waals surface area contributed by atoms with Gasteiger partial charge in [-0.05, 0) is 0 Å². The van der Waals surface area contributed by atoms with Gasteiger partial charge in [0.05, 0.1) is 37.4 Å². The van der Waals surface area contributed by atoms with E-state index in [1.54, 1.807) is 23.4 Å². The van der Waals surface area contributed by atoms with Gasteiger partial charge < -0.3 is 15.4 Å². The molecule has 1 atom stereocenters. The number of nitrogens with zero attached hydrogens (tertiary/aromatic N) is 4. The van der Waals surface area contributed by atoms with Crippen molar-refractivity contribution in [2.75, 3.05) is 6.61 Å². The Morgan fingerprint density at radius 1 is 1.50 bits per heavy atom. The first kappa shape index (κ1) is 10.8. The third-order valence-electron chi connectivity index (χ3n) is 2.43.